The average Bonchev–Trinajstić information content (AvgIpc) is 3.07. The maximum Gasteiger partial charge on any atom is 0.338 e. The number of methoxy groups -OCH3 is 1. The molecule has 1 amide bonds. The van der Waals surface area contributed by atoms with Crippen molar-refractivity contribution in [1.82, 2.24) is 19.5 Å². The molecule has 0 saturated carbocycles. The van der Waals surface area contributed by atoms with E-state index in [-0.39, 0.29) is 11.5 Å². The van der Waals surface area contributed by atoms with Gasteiger partial charge in [-0.15, -0.1) is 0 Å². The van der Waals surface area contributed by atoms with Gasteiger partial charge in [-0.25, -0.2) is 14.3 Å². The van der Waals surface area contributed by atoms with Crippen molar-refractivity contribution in [3.05, 3.63) is 64.6 Å². The van der Waals surface area contributed by atoms with Gasteiger partial charge in [0, 0.05) is 37.3 Å². The highest BCUT2D eigenvalue weighted by Crippen LogP contribution is 2.22. The first-order valence-electron chi connectivity index (χ1n) is 8.38. The van der Waals surface area contributed by atoms with Crippen molar-refractivity contribution in [2.24, 2.45) is 0 Å². The zero-order valence-corrected chi connectivity index (χ0v) is 14.6. The summed E-state index contributed by atoms with van der Waals surface area (Å²) < 4.78 is 6.65. The number of aryl methyl sites for hydroxylation is 1. The second-order valence-corrected chi connectivity index (χ2v) is 6.30. The van der Waals surface area contributed by atoms with Crippen LogP contribution >= 0.6 is 0 Å². The van der Waals surface area contributed by atoms with Crippen LogP contribution in [0, 0.1) is 6.92 Å². The molecule has 0 spiro atoms. The molecule has 1 aromatic carbocycles. The predicted octanol–water partition coefficient (Wildman–Crippen LogP) is 2.02. The summed E-state index contributed by atoms with van der Waals surface area (Å²) in [5.41, 5.74) is 4.41. The van der Waals surface area contributed by atoms with Crippen LogP contribution in [-0.4, -0.2) is 45.0 Å². The van der Waals surface area contributed by atoms with E-state index in [0.29, 0.717) is 25.1 Å². The van der Waals surface area contributed by atoms with Crippen LogP contribution in [-0.2, 0) is 17.7 Å². The lowest BCUT2D eigenvalue weighted by atomic mass is 10.0. The highest BCUT2D eigenvalue weighted by molar-refractivity contribution is 6.05. The fourth-order valence-corrected chi connectivity index (χ4v) is 3.36. The largest absolute Gasteiger partial charge is 0.465 e. The van der Waals surface area contributed by atoms with E-state index in [1.54, 1.807) is 35.4 Å². The first-order valence-corrected chi connectivity index (χ1v) is 8.38. The minimum atomic E-state index is -0.512. The van der Waals surface area contributed by atoms with Gasteiger partial charge in [-0.2, -0.15) is 5.10 Å². The first-order chi connectivity index (χ1) is 12.6. The SMILES string of the molecule is COC(=O)c1ccccc1C(=O)N1CCc2c(cnc3cc(C)nn23)C1. The molecule has 0 unspecified atom stereocenters. The summed E-state index contributed by atoms with van der Waals surface area (Å²) >= 11 is 0. The summed E-state index contributed by atoms with van der Waals surface area (Å²) in [4.78, 5) is 31.1. The second kappa shape index (κ2) is 6.25. The van der Waals surface area contributed by atoms with Crippen LogP contribution < -0.4 is 0 Å². The summed E-state index contributed by atoms with van der Waals surface area (Å²) in [6.07, 6.45) is 2.49. The van der Waals surface area contributed by atoms with Crippen molar-refractivity contribution in [2.45, 2.75) is 19.9 Å². The number of benzene rings is 1. The zero-order chi connectivity index (χ0) is 18.3. The molecule has 3 heterocycles. The molecular weight excluding hydrogens is 332 g/mol. The Morgan fingerprint density at radius 1 is 1.19 bits per heavy atom. The zero-order valence-electron chi connectivity index (χ0n) is 14.6. The summed E-state index contributed by atoms with van der Waals surface area (Å²) in [5.74, 6) is -0.699. The van der Waals surface area contributed by atoms with Gasteiger partial charge in [0.15, 0.2) is 5.65 Å². The number of rotatable bonds is 2. The highest BCUT2D eigenvalue weighted by atomic mass is 16.5. The van der Waals surface area contributed by atoms with Crippen LogP contribution in [0.1, 0.15) is 37.7 Å². The van der Waals surface area contributed by atoms with Gasteiger partial charge >= 0.3 is 5.97 Å². The monoisotopic (exact) mass is 350 g/mol. The second-order valence-electron chi connectivity index (χ2n) is 6.30. The van der Waals surface area contributed by atoms with Gasteiger partial charge in [-0.3, -0.25) is 4.79 Å². The summed E-state index contributed by atoms with van der Waals surface area (Å²) in [6, 6.07) is 8.66. The van der Waals surface area contributed by atoms with E-state index in [1.165, 1.54) is 7.11 Å². The Hall–Kier alpha value is -3.22. The fourth-order valence-electron chi connectivity index (χ4n) is 3.36. The molecular formula is C19H18N4O3. The molecule has 4 rings (SSSR count). The fraction of sp³-hybridized carbons (Fsp3) is 0.263. The molecule has 0 saturated heterocycles. The number of nitrogens with zero attached hydrogens (tertiary/aromatic N) is 4. The van der Waals surface area contributed by atoms with E-state index in [4.69, 9.17) is 4.74 Å². The molecule has 1 aliphatic rings. The van der Waals surface area contributed by atoms with E-state index in [9.17, 15) is 9.59 Å². The van der Waals surface area contributed by atoms with Crippen molar-refractivity contribution in [3.63, 3.8) is 0 Å². The standard InChI is InChI=1S/C19H18N4O3/c1-12-9-17-20-10-13-11-22(8-7-16(13)23(17)21-12)18(24)14-5-3-4-6-15(14)19(25)26-2/h3-6,9-10H,7-8,11H2,1-2H3. The predicted molar refractivity (Wildman–Crippen MR) is 94.0 cm³/mol. The molecule has 132 valence electrons. The van der Waals surface area contributed by atoms with E-state index in [1.807, 2.05) is 17.5 Å². The maximum atomic E-state index is 13.0. The van der Waals surface area contributed by atoms with Crippen molar-refractivity contribution >= 4 is 17.5 Å². The summed E-state index contributed by atoms with van der Waals surface area (Å²) in [7, 11) is 1.31. The molecule has 7 nitrogen and oxygen atoms in total. The minimum Gasteiger partial charge on any atom is -0.465 e. The third-order valence-corrected chi connectivity index (χ3v) is 4.62. The summed E-state index contributed by atoms with van der Waals surface area (Å²) in [5, 5.41) is 4.49. The molecule has 0 radical (unpaired) electrons. The number of carbonyl (C=O) groups excluding carboxylic acids is 2. The topological polar surface area (TPSA) is 76.8 Å². The molecule has 2 aromatic heterocycles. The van der Waals surface area contributed by atoms with E-state index < -0.39 is 5.97 Å². The van der Waals surface area contributed by atoms with Crippen LogP contribution in [0.2, 0.25) is 0 Å². The summed E-state index contributed by atoms with van der Waals surface area (Å²) in [6.45, 7) is 2.92. The van der Waals surface area contributed by atoms with Crippen LogP contribution in [0.25, 0.3) is 5.65 Å². The molecule has 26 heavy (non-hydrogen) atoms. The third kappa shape index (κ3) is 2.61. The Kier molecular flexibility index (Phi) is 3.91. The Bertz CT molecular complexity index is 1020. The molecule has 0 bridgehead atoms. The Balaban J connectivity index is 1.66. The van der Waals surface area contributed by atoms with Gasteiger partial charge in [0.1, 0.15) is 0 Å². The highest BCUT2D eigenvalue weighted by Gasteiger charge is 2.27. The number of amides is 1. The van der Waals surface area contributed by atoms with Gasteiger partial charge < -0.3 is 9.64 Å². The lowest BCUT2D eigenvalue weighted by molar-refractivity contribution is 0.0588. The number of aromatic nitrogens is 3. The van der Waals surface area contributed by atoms with Crippen molar-refractivity contribution in [3.8, 4) is 0 Å². The lowest BCUT2D eigenvalue weighted by Crippen LogP contribution is -2.37. The number of hydrogen-bond acceptors (Lipinski definition) is 5. The molecule has 1 aliphatic heterocycles. The van der Waals surface area contributed by atoms with Crippen LogP contribution in [0.5, 0.6) is 0 Å². The molecule has 7 heteroatoms. The van der Waals surface area contributed by atoms with Gasteiger partial charge in [0.05, 0.1) is 29.6 Å². The van der Waals surface area contributed by atoms with Crippen molar-refractivity contribution in [1.29, 1.82) is 0 Å². The number of ether oxygens (including phenoxy) is 1. The van der Waals surface area contributed by atoms with Crippen molar-refractivity contribution < 1.29 is 14.3 Å². The normalized spacial score (nSPS) is 13.5. The number of carbonyl (C=O) groups is 2. The van der Waals surface area contributed by atoms with Crippen molar-refractivity contribution in [2.75, 3.05) is 13.7 Å². The Morgan fingerprint density at radius 2 is 1.96 bits per heavy atom. The Morgan fingerprint density at radius 3 is 2.73 bits per heavy atom. The van der Waals surface area contributed by atoms with E-state index in [2.05, 4.69) is 10.1 Å². The smallest absolute Gasteiger partial charge is 0.338 e. The molecule has 0 fully saturated rings. The first kappa shape index (κ1) is 16.3. The van der Waals surface area contributed by atoms with Crippen LogP contribution in [0.15, 0.2) is 36.5 Å². The number of hydrogen-bond donors (Lipinski definition) is 0. The van der Waals surface area contributed by atoms with Gasteiger partial charge in [-0.1, -0.05) is 12.1 Å². The van der Waals surface area contributed by atoms with Crippen LogP contribution in [0.4, 0.5) is 0 Å². The molecule has 0 N–H and O–H groups in total. The number of fused-ring (bicyclic) bond motifs is 3. The van der Waals surface area contributed by atoms with Gasteiger partial charge in [-0.05, 0) is 19.1 Å². The van der Waals surface area contributed by atoms with Gasteiger partial charge in [0.2, 0.25) is 0 Å². The Labute approximate surface area is 150 Å². The average molecular weight is 350 g/mol. The van der Waals surface area contributed by atoms with Crippen LogP contribution in [0.3, 0.4) is 0 Å². The lowest BCUT2D eigenvalue weighted by Gasteiger charge is -2.29. The molecule has 0 atom stereocenters. The van der Waals surface area contributed by atoms with E-state index in [0.717, 1.165) is 22.6 Å². The van der Waals surface area contributed by atoms with E-state index >= 15 is 0 Å². The van der Waals surface area contributed by atoms with Gasteiger partial charge in [0.25, 0.3) is 5.91 Å². The molecule has 0 aliphatic carbocycles. The molecule has 3 aromatic rings. The quantitative estimate of drug-likeness (QED) is 0.661. The maximum absolute atomic E-state index is 13.0. The minimum absolute atomic E-state index is 0.187. The number of esters is 1. The third-order valence-electron chi connectivity index (χ3n) is 4.62.